The molecule has 460 valence electrons. The van der Waals surface area contributed by atoms with Gasteiger partial charge in [0.2, 0.25) is 0 Å². The second-order valence-corrected chi connectivity index (χ2v) is 22.7. The fourth-order valence-electron chi connectivity index (χ4n) is 10.2. The van der Waals surface area contributed by atoms with E-state index in [0.29, 0.717) is 19.3 Å². The fraction of sp³-hybridized carbons (Fsp3) is 0.851. The van der Waals surface area contributed by atoms with Gasteiger partial charge in [0.05, 0.1) is 6.61 Å². The van der Waals surface area contributed by atoms with Crippen molar-refractivity contribution in [1.82, 2.24) is 0 Å². The zero-order chi connectivity index (χ0) is 57.5. The summed E-state index contributed by atoms with van der Waals surface area (Å²) in [6.45, 7) is 5.93. The van der Waals surface area contributed by atoms with Crippen molar-refractivity contribution < 1.29 is 58.2 Å². The van der Waals surface area contributed by atoms with Crippen LogP contribution in [0.4, 0.5) is 0 Å². The second kappa shape index (κ2) is 55.5. The van der Waals surface area contributed by atoms with Crippen LogP contribution >= 0.6 is 0 Å². The number of rotatable bonds is 57. The van der Waals surface area contributed by atoms with Gasteiger partial charge in [-0.2, -0.15) is 0 Å². The van der Waals surface area contributed by atoms with Crippen LogP contribution in [0.25, 0.3) is 0 Å². The molecule has 12 heteroatoms. The standard InChI is InChI=1S/C67H120O12/c1-4-7-10-13-16-19-22-25-28-30-33-35-38-41-44-47-50-53-59(68)75-56-58(77-60(69)54-51-48-45-42-39-37-34-31-29-26-23-20-17-14-11-8-5-2)57-76-67-65(63(72)62(71)64(79-67)66(73)74)78-61(70)55-52-49-46-43-40-36-32-27-24-21-18-15-12-9-6-3/h7,10,16,19,25,28,58,62-65,67,71-72H,4-6,8-9,11-15,17-18,20-24,26-27,29-57H2,1-3H3,(H,73,74)/b10-7-,19-16-,28-25-. The second-order valence-electron chi connectivity index (χ2n) is 22.7. The van der Waals surface area contributed by atoms with E-state index in [-0.39, 0.29) is 25.9 Å². The molecule has 1 fully saturated rings. The lowest BCUT2D eigenvalue weighted by molar-refractivity contribution is -0.301. The van der Waals surface area contributed by atoms with Crippen LogP contribution in [0, 0.1) is 0 Å². The predicted molar refractivity (Wildman–Crippen MR) is 322 cm³/mol. The molecule has 6 atom stereocenters. The third kappa shape index (κ3) is 45.2. The van der Waals surface area contributed by atoms with Crippen LogP contribution in [0.5, 0.6) is 0 Å². The van der Waals surface area contributed by atoms with Gasteiger partial charge in [-0.25, -0.2) is 4.79 Å². The van der Waals surface area contributed by atoms with Crippen molar-refractivity contribution in [1.29, 1.82) is 0 Å². The number of carboxylic acid groups (broad SMARTS) is 1. The third-order valence-corrected chi connectivity index (χ3v) is 15.2. The fourth-order valence-corrected chi connectivity index (χ4v) is 10.2. The van der Waals surface area contributed by atoms with Crippen LogP contribution in [0.3, 0.4) is 0 Å². The van der Waals surface area contributed by atoms with E-state index in [1.807, 2.05) is 0 Å². The first-order chi connectivity index (χ1) is 38.6. The number of aliphatic hydroxyl groups is 2. The van der Waals surface area contributed by atoms with Crippen molar-refractivity contribution in [3.63, 3.8) is 0 Å². The molecule has 1 aliphatic rings. The first kappa shape index (κ1) is 74.0. The van der Waals surface area contributed by atoms with Gasteiger partial charge in [0.15, 0.2) is 24.6 Å². The number of carboxylic acids is 1. The molecule has 0 spiro atoms. The quantitative estimate of drug-likeness (QED) is 0.0228. The highest BCUT2D eigenvalue weighted by atomic mass is 16.7. The lowest BCUT2D eigenvalue weighted by Gasteiger charge is -2.40. The van der Waals surface area contributed by atoms with E-state index in [9.17, 15) is 34.5 Å². The number of aliphatic carboxylic acids is 1. The van der Waals surface area contributed by atoms with Crippen molar-refractivity contribution in [2.75, 3.05) is 13.2 Å². The maximum atomic E-state index is 13.2. The van der Waals surface area contributed by atoms with Gasteiger partial charge in [0.25, 0.3) is 0 Å². The molecule has 3 N–H and O–H groups in total. The third-order valence-electron chi connectivity index (χ3n) is 15.2. The Morgan fingerprint density at radius 1 is 0.430 bits per heavy atom. The Morgan fingerprint density at radius 3 is 1.22 bits per heavy atom. The Bertz CT molecular complexity index is 1510. The highest BCUT2D eigenvalue weighted by Crippen LogP contribution is 2.27. The zero-order valence-corrected chi connectivity index (χ0v) is 50.9. The van der Waals surface area contributed by atoms with E-state index < -0.39 is 67.3 Å². The monoisotopic (exact) mass is 1120 g/mol. The number of ether oxygens (including phenoxy) is 5. The first-order valence-corrected chi connectivity index (χ1v) is 33.0. The summed E-state index contributed by atoms with van der Waals surface area (Å²) >= 11 is 0. The van der Waals surface area contributed by atoms with Crippen molar-refractivity contribution in [3.8, 4) is 0 Å². The molecule has 79 heavy (non-hydrogen) atoms. The molecule has 1 heterocycles. The maximum Gasteiger partial charge on any atom is 0.335 e. The van der Waals surface area contributed by atoms with Crippen molar-refractivity contribution in [2.45, 2.75) is 353 Å². The lowest BCUT2D eigenvalue weighted by Crippen LogP contribution is -2.61. The largest absolute Gasteiger partial charge is 0.479 e. The molecule has 0 aromatic heterocycles. The lowest BCUT2D eigenvalue weighted by atomic mass is 9.98. The van der Waals surface area contributed by atoms with E-state index in [0.717, 1.165) is 89.9 Å². The Kier molecular flexibility index (Phi) is 51.9. The average Bonchev–Trinajstić information content (AvgIpc) is 3.46. The number of esters is 3. The first-order valence-electron chi connectivity index (χ1n) is 33.0. The molecule has 0 saturated carbocycles. The van der Waals surface area contributed by atoms with Crippen LogP contribution < -0.4 is 0 Å². The van der Waals surface area contributed by atoms with Crippen LogP contribution in [-0.4, -0.2) is 89.2 Å². The van der Waals surface area contributed by atoms with E-state index >= 15 is 0 Å². The summed E-state index contributed by atoms with van der Waals surface area (Å²) in [5.41, 5.74) is 0. The summed E-state index contributed by atoms with van der Waals surface area (Å²) in [6, 6.07) is 0. The molecule has 12 nitrogen and oxygen atoms in total. The van der Waals surface area contributed by atoms with Gasteiger partial charge in [-0.05, 0) is 51.4 Å². The molecule has 0 aromatic rings. The van der Waals surface area contributed by atoms with Crippen LogP contribution in [0.15, 0.2) is 36.5 Å². The number of unbranched alkanes of at least 4 members (excludes halogenated alkanes) is 37. The zero-order valence-electron chi connectivity index (χ0n) is 50.9. The molecule has 0 bridgehead atoms. The molecule has 0 aromatic carbocycles. The number of hydrogen-bond acceptors (Lipinski definition) is 11. The Labute approximate surface area is 482 Å². The minimum absolute atomic E-state index is 0.0660. The molecule has 1 rings (SSSR count). The molecule has 0 aliphatic carbocycles. The number of hydrogen-bond donors (Lipinski definition) is 3. The van der Waals surface area contributed by atoms with Gasteiger partial charge >= 0.3 is 23.9 Å². The Morgan fingerprint density at radius 2 is 0.797 bits per heavy atom. The minimum Gasteiger partial charge on any atom is -0.479 e. The SMILES string of the molecule is CC/C=C\C/C=C\C/C=C\CCCCCCCCCC(=O)OCC(COC1OC(C(=O)O)C(O)C(O)C1OC(=O)CCCCCCCCCCCCCCCCC)OC(=O)CCCCCCCCCCCCCCCCCCC. The molecular weight excluding hydrogens is 997 g/mol. The Hall–Kier alpha value is -3.06. The number of aliphatic hydroxyl groups excluding tert-OH is 2. The molecule has 0 radical (unpaired) electrons. The average molecular weight is 1120 g/mol. The van der Waals surface area contributed by atoms with E-state index in [1.54, 1.807) is 0 Å². The maximum absolute atomic E-state index is 13.2. The molecule has 1 aliphatic heterocycles. The summed E-state index contributed by atoms with van der Waals surface area (Å²) in [5, 5.41) is 31.6. The van der Waals surface area contributed by atoms with Crippen molar-refractivity contribution in [2.24, 2.45) is 0 Å². The number of carbonyl (C=O) groups is 4. The van der Waals surface area contributed by atoms with Crippen molar-refractivity contribution in [3.05, 3.63) is 36.5 Å². The van der Waals surface area contributed by atoms with Crippen LogP contribution in [0.2, 0.25) is 0 Å². The summed E-state index contributed by atoms with van der Waals surface area (Å²) in [5.74, 6) is -3.09. The summed E-state index contributed by atoms with van der Waals surface area (Å²) in [7, 11) is 0. The van der Waals surface area contributed by atoms with Crippen molar-refractivity contribution >= 4 is 23.9 Å². The summed E-state index contributed by atoms with van der Waals surface area (Å²) < 4.78 is 28.6. The number of carbonyl (C=O) groups excluding carboxylic acids is 3. The van der Waals surface area contributed by atoms with Gasteiger partial charge < -0.3 is 39.0 Å². The van der Waals surface area contributed by atoms with E-state index in [1.165, 1.54) is 167 Å². The molecule has 1 saturated heterocycles. The summed E-state index contributed by atoms with van der Waals surface area (Å²) in [6.07, 6.45) is 53.8. The van der Waals surface area contributed by atoms with E-state index in [2.05, 4.69) is 57.2 Å². The predicted octanol–water partition coefficient (Wildman–Crippen LogP) is 17.6. The van der Waals surface area contributed by atoms with Gasteiger partial charge in [-0.3, -0.25) is 14.4 Å². The van der Waals surface area contributed by atoms with Crippen LogP contribution in [0.1, 0.15) is 316 Å². The van der Waals surface area contributed by atoms with Gasteiger partial charge in [0, 0.05) is 19.3 Å². The normalized spacial score (nSPS) is 18.0. The highest BCUT2D eigenvalue weighted by molar-refractivity contribution is 5.74. The van der Waals surface area contributed by atoms with E-state index in [4.69, 9.17) is 23.7 Å². The van der Waals surface area contributed by atoms with Gasteiger partial charge in [0.1, 0.15) is 18.8 Å². The minimum atomic E-state index is -1.90. The topological polar surface area (TPSA) is 175 Å². The Balaban J connectivity index is 2.65. The van der Waals surface area contributed by atoms with Crippen LogP contribution in [-0.2, 0) is 42.9 Å². The molecular formula is C67H120O12. The van der Waals surface area contributed by atoms with Gasteiger partial charge in [-0.1, -0.05) is 282 Å². The van der Waals surface area contributed by atoms with Gasteiger partial charge in [-0.15, -0.1) is 0 Å². The number of allylic oxidation sites excluding steroid dienone is 6. The molecule has 6 unspecified atom stereocenters. The smallest absolute Gasteiger partial charge is 0.335 e. The summed E-state index contributed by atoms with van der Waals surface area (Å²) in [4.78, 5) is 51.3. The highest BCUT2D eigenvalue weighted by Gasteiger charge is 2.50. The molecule has 0 amide bonds.